The van der Waals surface area contributed by atoms with Crippen LogP contribution in [-0.4, -0.2) is 60.9 Å². The molecular weight excluding hydrogens is 254 g/mol. The van der Waals surface area contributed by atoms with Gasteiger partial charge in [-0.2, -0.15) is 0 Å². The summed E-state index contributed by atoms with van der Waals surface area (Å²) in [6.07, 6.45) is 2.70. The molecule has 0 bridgehead atoms. The molecule has 5 nitrogen and oxygen atoms in total. The normalized spacial score (nSPS) is 16.9. The summed E-state index contributed by atoms with van der Waals surface area (Å²) in [6.45, 7) is 10.6. The Hall–Kier alpha value is -1.10. The maximum Gasteiger partial charge on any atom is 0.236 e. The second-order valence-corrected chi connectivity index (χ2v) is 5.41. The average molecular weight is 283 g/mol. The molecule has 5 heteroatoms. The molecule has 0 radical (unpaired) electrons. The molecule has 1 N–H and O–H groups in total. The van der Waals surface area contributed by atoms with E-state index in [-0.39, 0.29) is 17.7 Å². The molecular formula is C15H29N3O2. The molecule has 0 aliphatic carbocycles. The van der Waals surface area contributed by atoms with Gasteiger partial charge in [-0.15, -0.1) is 0 Å². The molecule has 1 rings (SSSR count). The van der Waals surface area contributed by atoms with Crippen LogP contribution in [0, 0.1) is 5.92 Å². The molecule has 2 amide bonds. The first-order chi connectivity index (χ1) is 9.62. The highest BCUT2D eigenvalue weighted by molar-refractivity contribution is 5.79. The molecule has 0 saturated carbocycles. The summed E-state index contributed by atoms with van der Waals surface area (Å²) >= 11 is 0. The van der Waals surface area contributed by atoms with Crippen molar-refractivity contribution in [2.24, 2.45) is 5.92 Å². The SMILES string of the molecule is CCCNC(=O)C1CCN(CC(=O)N(CC)CC)CC1. The lowest BCUT2D eigenvalue weighted by Gasteiger charge is -2.32. The zero-order chi connectivity index (χ0) is 15.0. The zero-order valence-electron chi connectivity index (χ0n) is 13.2. The van der Waals surface area contributed by atoms with E-state index in [2.05, 4.69) is 17.1 Å². The van der Waals surface area contributed by atoms with Crippen LogP contribution in [-0.2, 0) is 9.59 Å². The smallest absolute Gasteiger partial charge is 0.236 e. The summed E-state index contributed by atoms with van der Waals surface area (Å²) in [7, 11) is 0. The van der Waals surface area contributed by atoms with Gasteiger partial charge in [0, 0.05) is 25.6 Å². The maximum absolute atomic E-state index is 12.0. The molecule has 1 aliphatic rings. The fraction of sp³-hybridized carbons (Fsp3) is 0.867. The van der Waals surface area contributed by atoms with Crippen LogP contribution in [0.2, 0.25) is 0 Å². The number of likely N-dealkylation sites (N-methyl/N-ethyl adjacent to an activating group) is 1. The number of likely N-dealkylation sites (tertiary alicyclic amines) is 1. The molecule has 0 aromatic rings. The van der Waals surface area contributed by atoms with Gasteiger partial charge in [-0.05, 0) is 46.2 Å². The van der Waals surface area contributed by atoms with Gasteiger partial charge in [0.2, 0.25) is 11.8 Å². The van der Waals surface area contributed by atoms with Crippen LogP contribution in [0.25, 0.3) is 0 Å². The van der Waals surface area contributed by atoms with Crippen molar-refractivity contribution >= 4 is 11.8 Å². The highest BCUT2D eigenvalue weighted by Crippen LogP contribution is 2.17. The molecule has 1 aliphatic heterocycles. The van der Waals surface area contributed by atoms with E-state index >= 15 is 0 Å². The number of rotatable bonds is 7. The van der Waals surface area contributed by atoms with Crippen LogP contribution >= 0.6 is 0 Å². The lowest BCUT2D eigenvalue weighted by molar-refractivity contribution is -0.132. The van der Waals surface area contributed by atoms with E-state index in [1.165, 1.54) is 0 Å². The first-order valence-corrected chi connectivity index (χ1v) is 7.90. The predicted octanol–water partition coefficient (Wildman–Crippen LogP) is 1.09. The zero-order valence-corrected chi connectivity index (χ0v) is 13.2. The Morgan fingerprint density at radius 2 is 1.75 bits per heavy atom. The van der Waals surface area contributed by atoms with E-state index in [0.717, 1.165) is 52.0 Å². The van der Waals surface area contributed by atoms with Crippen molar-refractivity contribution in [1.29, 1.82) is 0 Å². The van der Waals surface area contributed by atoms with Crippen molar-refractivity contribution in [3.05, 3.63) is 0 Å². The largest absolute Gasteiger partial charge is 0.356 e. The second-order valence-electron chi connectivity index (χ2n) is 5.41. The second kappa shape index (κ2) is 8.95. The molecule has 20 heavy (non-hydrogen) atoms. The highest BCUT2D eigenvalue weighted by Gasteiger charge is 2.26. The average Bonchev–Trinajstić information content (AvgIpc) is 2.46. The minimum Gasteiger partial charge on any atom is -0.356 e. The number of piperidine rings is 1. The van der Waals surface area contributed by atoms with E-state index < -0.39 is 0 Å². The van der Waals surface area contributed by atoms with Gasteiger partial charge in [0.25, 0.3) is 0 Å². The van der Waals surface area contributed by atoms with Gasteiger partial charge in [-0.1, -0.05) is 6.92 Å². The van der Waals surface area contributed by atoms with Crippen LogP contribution in [0.15, 0.2) is 0 Å². The molecule has 116 valence electrons. The van der Waals surface area contributed by atoms with Crippen LogP contribution < -0.4 is 5.32 Å². The molecule has 0 spiro atoms. The number of carbonyl (C=O) groups excluding carboxylic acids is 2. The lowest BCUT2D eigenvalue weighted by Crippen LogP contribution is -2.45. The first-order valence-electron chi connectivity index (χ1n) is 7.90. The van der Waals surface area contributed by atoms with Crippen LogP contribution in [0.3, 0.4) is 0 Å². The summed E-state index contributed by atoms with van der Waals surface area (Å²) in [4.78, 5) is 27.9. The number of hydrogen-bond acceptors (Lipinski definition) is 3. The van der Waals surface area contributed by atoms with Crippen LogP contribution in [0.4, 0.5) is 0 Å². The fourth-order valence-corrected chi connectivity index (χ4v) is 2.61. The van der Waals surface area contributed by atoms with E-state index in [4.69, 9.17) is 0 Å². The number of carbonyl (C=O) groups is 2. The van der Waals surface area contributed by atoms with Crippen molar-refractivity contribution in [2.75, 3.05) is 39.3 Å². The molecule has 0 aromatic heterocycles. The topological polar surface area (TPSA) is 52.7 Å². The summed E-state index contributed by atoms with van der Waals surface area (Å²) in [5, 5.41) is 2.96. The summed E-state index contributed by atoms with van der Waals surface area (Å²) in [5.41, 5.74) is 0. The Morgan fingerprint density at radius 1 is 1.15 bits per heavy atom. The third kappa shape index (κ3) is 5.12. The molecule has 1 fully saturated rings. The van der Waals surface area contributed by atoms with Gasteiger partial charge < -0.3 is 10.2 Å². The standard InChI is InChI=1S/C15H29N3O2/c1-4-9-16-15(20)13-7-10-17(11-8-13)12-14(19)18(5-2)6-3/h13H,4-12H2,1-3H3,(H,16,20). The number of hydrogen-bond donors (Lipinski definition) is 1. The van der Waals surface area contributed by atoms with Gasteiger partial charge in [0.15, 0.2) is 0 Å². The van der Waals surface area contributed by atoms with Crippen molar-refractivity contribution in [3.63, 3.8) is 0 Å². The predicted molar refractivity (Wildman–Crippen MR) is 80.4 cm³/mol. The lowest BCUT2D eigenvalue weighted by atomic mass is 9.96. The third-order valence-corrected chi connectivity index (χ3v) is 3.98. The molecule has 0 aromatic carbocycles. The van der Waals surface area contributed by atoms with Crippen molar-refractivity contribution in [2.45, 2.75) is 40.0 Å². The van der Waals surface area contributed by atoms with Crippen LogP contribution in [0.5, 0.6) is 0 Å². The van der Waals surface area contributed by atoms with E-state index in [0.29, 0.717) is 6.54 Å². The summed E-state index contributed by atoms with van der Waals surface area (Å²) in [5.74, 6) is 0.506. The van der Waals surface area contributed by atoms with Crippen molar-refractivity contribution in [1.82, 2.24) is 15.1 Å². The molecule has 0 unspecified atom stereocenters. The molecule has 0 atom stereocenters. The van der Waals surface area contributed by atoms with Gasteiger partial charge in [0.05, 0.1) is 6.54 Å². The van der Waals surface area contributed by atoms with Gasteiger partial charge in [-0.25, -0.2) is 0 Å². The Balaban J connectivity index is 2.31. The Morgan fingerprint density at radius 3 is 2.25 bits per heavy atom. The van der Waals surface area contributed by atoms with E-state index in [9.17, 15) is 9.59 Å². The van der Waals surface area contributed by atoms with Crippen molar-refractivity contribution in [3.8, 4) is 0 Å². The van der Waals surface area contributed by atoms with E-state index in [1.54, 1.807) is 0 Å². The van der Waals surface area contributed by atoms with E-state index in [1.807, 2.05) is 18.7 Å². The first kappa shape index (κ1) is 17.0. The Labute approximate surface area is 122 Å². The van der Waals surface area contributed by atoms with Crippen LogP contribution in [0.1, 0.15) is 40.0 Å². The molecule has 1 saturated heterocycles. The van der Waals surface area contributed by atoms with Crippen molar-refractivity contribution < 1.29 is 9.59 Å². The van der Waals surface area contributed by atoms with Gasteiger partial charge >= 0.3 is 0 Å². The minimum absolute atomic E-state index is 0.126. The van der Waals surface area contributed by atoms with Gasteiger partial charge in [0.1, 0.15) is 0 Å². The monoisotopic (exact) mass is 283 g/mol. The fourth-order valence-electron chi connectivity index (χ4n) is 2.61. The molecule has 1 heterocycles. The number of nitrogens with zero attached hydrogens (tertiary/aromatic N) is 2. The Bertz CT molecular complexity index is 308. The number of nitrogens with one attached hydrogen (secondary N) is 1. The summed E-state index contributed by atoms with van der Waals surface area (Å²) < 4.78 is 0. The minimum atomic E-state index is 0.126. The Kier molecular flexibility index (Phi) is 7.59. The van der Waals surface area contributed by atoms with Gasteiger partial charge in [-0.3, -0.25) is 14.5 Å². The summed E-state index contributed by atoms with van der Waals surface area (Å²) in [6, 6.07) is 0. The quantitative estimate of drug-likeness (QED) is 0.761. The maximum atomic E-state index is 12.0. The number of amides is 2. The highest BCUT2D eigenvalue weighted by atomic mass is 16.2. The third-order valence-electron chi connectivity index (χ3n) is 3.98.